The molecule has 1 amide bonds. The van der Waals surface area contributed by atoms with E-state index >= 15 is 0 Å². The van der Waals surface area contributed by atoms with Gasteiger partial charge in [0, 0.05) is 37.4 Å². The van der Waals surface area contributed by atoms with Crippen molar-refractivity contribution in [1.29, 1.82) is 0 Å². The lowest BCUT2D eigenvalue weighted by Gasteiger charge is -2.35. The molecule has 0 spiro atoms. The van der Waals surface area contributed by atoms with Crippen molar-refractivity contribution in [3.8, 4) is 0 Å². The number of amides is 1. The predicted octanol–water partition coefficient (Wildman–Crippen LogP) is 0.801. The van der Waals surface area contributed by atoms with Gasteiger partial charge in [0.25, 0.3) is 5.91 Å². The average Bonchev–Trinajstić information content (AvgIpc) is 2.68. The van der Waals surface area contributed by atoms with Crippen LogP contribution in [0.5, 0.6) is 0 Å². The van der Waals surface area contributed by atoms with Gasteiger partial charge in [0.1, 0.15) is 0 Å². The fourth-order valence-electron chi connectivity index (χ4n) is 2.86. The zero-order chi connectivity index (χ0) is 17.9. The fourth-order valence-corrected chi connectivity index (χ4v) is 4.32. The highest BCUT2D eigenvalue weighted by Gasteiger charge is 2.29. The number of hydrogen-bond acceptors (Lipinski definition) is 5. The second kappa shape index (κ2) is 7.22. The van der Waals surface area contributed by atoms with Crippen molar-refractivity contribution in [2.75, 3.05) is 31.1 Å². The Bertz CT molecular complexity index is 847. The summed E-state index contributed by atoms with van der Waals surface area (Å²) in [6.45, 7) is 2.02. The number of para-hydroxylation sites is 1. The normalized spacial score (nSPS) is 15.8. The summed E-state index contributed by atoms with van der Waals surface area (Å²) in [7, 11) is -3.65. The average molecular weight is 360 g/mol. The van der Waals surface area contributed by atoms with Crippen molar-refractivity contribution < 1.29 is 13.2 Å². The van der Waals surface area contributed by atoms with Crippen LogP contribution in [0.25, 0.3) is 0 Å². The number of sulfonamides is 1. The summed E-state index contributed by atoms with van der Waals surface area (Å²) in [6, 6.07) is 15.8. The molecule has 0 atom stereocenters. The Labute approximate surface area is 147 Å². The predicted molar refractivity (Wildman–Crippen MR) is 95.5 cm³/mol. The van der Waals surface area contributed by atoms with Gasteiger partial charge in [-0.05, 0) is 30.3 Å². The largest absolute Gasteiger partial charge is 0.369 e. The van der Waals surface area contributed by atoms with Gasteiger partial charge in [-0.1, -0.05) is 24.3 Å². The Morgan fingerprint density at radius 2 is 1.64 bits per heavy atom. The van der Waals surface area contributed by atoms with Crippen LogP contribution in [0.1, 0.15) is 10.4 Å². The summed E-state index contributed by atoms with van der Waals surface area (Å²) < 4.78 is 27.1. The molecule has 0 saturated carbocycles. The number of carbonyl (C=O) groups excluding carboxylic acids is 1. The number of benzene rings is 2. The smallest absolute Gasteiger partial charge is 0.265 e. The minimum Gasteiger partial charge on any atom is -0.369 e. The van der Waals surface area contributed by atoms with Crippen LogP contribution in [-0.4, -0.2) is 44.8 Å². The minimum atomic E-state index is -3.65. The molecule has 0 aliphatic carbocycles. The van der Waals surface area contributed by atoms with Gasteiger partial charge in [-0.3, -0.25) is 10.2 Å². The molecule has 1 aliphatic rings. The van der Waals surface area contributed by atoms with Gasteiger partial charge in [-0.2, -0.15) is 4.31 Å². The van der Waals surface area contributed by atoms with E-state index in [0.717, 1.165) is 5.69 Å². The highest BCUT2D eigenvalue weighted by Crippen LogP contribution is 2.21. The van der Waals surface area contributed by atoms with Gasteiger partial charge in [0.05, 0.1) is 4.90 Å². The van der Waals surface area contributed by atoms with Crippen LogP contribution in [0, 0.1) is 0 Å². The Morgan fingerprint density at radius 3 is 2.28 bits per heavy atom. The summed E-state index contributed by atoms with van der Waals surface area (Å²) in [5.41, 5.74) is 3.31. The molecule has 25 heavy (non-hydrogen) atoms. The SMILES string of the molecule is NNC(=O)c1cccc(S(=O)(=O)N2CCN(c3ccccc3)CC2)c1. The molecule has 0 unspecified atom stereocenters. The van der Waals surface area contributed by atoms with E-state index in [1.807, 2.05) is 35.8 Å². The Balaban J connectivity index is 1.75. The van der Waals surface area contributed by atoms with Crippen LogP contribution in [0.4, 0.5) is 5.69 Å². The van der Waals surface area contributed by atoms with E-state index in [0.29, 0.717) is 26.2 Å². The zero-order valence-corrected chi connectivity index (χ0v) is 14.4. The minimum absolute atomic E-state index is 0.0989. The number of nitrogens with two attached hydrogens (primary N) is 1. The van der Waals surface area contributed by atoms with E-state index in [-0.39, 0.29) is 10.5 Å². The van der Waals surface area contributed by atoms with E-state index in [9.17, 15) is 13.2 Å². The lowest BCUT2D eigenvalue weighted by Crippen LogP contribution is -2.48. The molecule has 3 rings (SSSR count). The number of anilines is 1. The summed E-state index contributed by atoms with van der Waals surface area (Å²) in [6.07, 6.45) is 0. The van der Waals surface area contributed by atoms with Crippen LogP contribution < -0.4 is 16.2 Å². The van der Waals surface area contributed by atoms with Crippen molar-refractivity contribution in [2.45, 2.75) is 4.90 Å². The Kier molecular flexibility index (Phi) is 5.03. The molecule has 3 N–H and O–H groups in total. The number of hydrazine groups is 1. The van der Waals surface area contributed by atoms with Crippen molar-refractivity contribution >= 4 is 21.6 Å². The number of nitrogens with one attached hydrogen (secondary N) is 1. The first-order chi connectivity index (χ1) is 12.0. The molecule has 1 heterocycles. The lowest BCUT2D eigenvalue weighted by atomic mass is 10.2. The maximum atomic E-state index is 12.8. The molecule has 0 aromatic heterocycles. The third-order valence-electron chi connectivity index (χ3n) is 4.23. The van der Waals surface area contributed by atoms with Gasteiger partial charge in [-0.15, -0.1) is 0 Å². The second-order valence-corrected chi connectivity index (χ2v) is 7.67. The summed E-state index contributed by atoms with van der Waals surface area (Å²) in [5.74, 6) is 4.59. The molecule has 132 valence electrons. The fraction of sp³-hybridized carbons (Fsp3) is 0.235. The van der Waals surface area contributed by atoms with Gasteiger partial charge < -0.3 is 4.90 Å². The number of nitrogen functional groups attached to an aromatic ring is 1. The number of rotatable bonds is 4. The van der Waals surface area contributed by atoms with E-state index in [2.05, 4.69) is 4.90 Å². The van der Waals surface area contributed by atoms with Crippen molar-refractivity contribution in [2.24, 2.45) is 5.84 Å². The Hall–Kier alpha value is -2.42. The Morgan fingerprint density at radius 1 is 0.960 bits per heavy atom. The molecule has 8 heteroatoms. The van der Waals surface area contributed by atoms with Crippen LogP contribution in [0.2, 0.25) is 0 Å². The van der Waals surface area contributed by atoms with E-state index in [1.54, 1.807) is 0 Å². The molecule has 0 bridgehead atoms. The number of carbonyl (C=O) groups is 1. The first-order valence-corrected chi connectivity index (χ1v) is 9.37. The molecule has 1 fully saturated rings. The van der Waals surface area contributed by atoms with Crippen LogP contribution in [0.3, 0.4) is 0 Å². The van der Waals surface area contributed by atoms with Crippen LogP contribution in [0.15, 0.2) is 59.5 Å². The highest BCUT2D eigenvalue weighted by molar-refractivity contribution is 7.89. The van der Waals surface area contributed by atoms with Gasteiger partial charge in [0.15, 0.2) is 0 Å². The van der Waals surface area contributed by atoms with E-state index < -0.39 is 15.9 Å². The number of nitrogens with zero attached hydrogens (tertiary/aromatic N) is 2. The molecule has 0 radical (unpaired) electrons. The van der Waals surface area contributed by atoms with Gasteiger partial charge in [0.2, 0.25) is 10.0 Å². The quantitative estimate of drug-likeness (QED) is 0.478. The third kappa shape index (κ3) is 3.65. The number of piperazine rings is 1. The summed E-state index contributed by atoms with van der Waals surface area (Å²) >= 11 is 0. The topological polar surface area (TPSA) is 95.7 Å². The summed E-state index contributed by atoms with van der Waals surface area (Å²) in [5, 5.41) is 0. The van der Waals surface area contributed by atoms with Gasteiger partial charge >= 0.3 is 0 Å². The second-order valence-electron chi connectivity index (χ2n) is 5.73. The maximum absolute atomic E-state index is 12.8. The molecule has 2 aromatic carbocycles. The zero-order valence-electron chi connectivity index (χ0n) is 13.6. The first-order valence-electron chi connectivity index (χ1n) is 7.93. The third-order valence-corrected chi connectivity index (χ3v) is 6.12. The van der Waals surface area contributed by atoms with Crippen molar-refractivity contribution in [3.63, 3.8) is 0 Å². The number of hydrogen-bond donors (Lipinski definition) is 2. The molecule has 1 saturated heterocycles. The molecule has 2 aromatic rings. The maximum Gasteiger partial charge on any atom is 0.265 e. The van der Waals surface area contributed by atoms with Gasteiger partial charge in [-0.25, -0.2) is 14.3 Å². The van der Waals surface area contributed by atoms with Crippen molar-refractivity contribution in [3.05, 3.63) is 60.2 Å². The van der Waals surface area contributed by atoms with Crippen LogP contribution in [-0.2, 0) is 10.0 Å². The summed E-state index contributed by atoms with van der Waals surface area (Å²) in [4.78, 5) is 13.9. The molecule has 7 nitrogen and oxygen atoms in total. The van der Waals surface area contributed by atoms with E-state index in [4.69, 9.17) is 5.84 Å². The lowest BCUT2D eigenvalue weighted by molar-refractivity contribution is 0.0953. The monoisotopic (exact) mass is 360 g/mol. The highest BCUT2D eigenvalue weighted by atomic mass is 32.2. The molecular weight excluding hydrogens is 340 g/mol. The van der Waals surface area contributed by atoms with Crippen molar-refractivity contribution in [1.82, 2.24) is 9.73 Å². The first kappa shape index (κ1) is 17.4. The van der Waals surface area contributed by atoms with E-state index in [1.165, 1.54) is 28.6 Å². The van der Waals surface area contributed by atoms with Crippen LogP contribution >= 0.6 is 0 Å². The molecular formula is C17H20N4O3S. The standard InChI is InChI=1S/C17H20N4O3S/c18-19-17(22)14-5-4-8-16(13-14)25(23,24)21-11-9-20(10-12-21)15-6-2-1-3-7-15/h1-8,13H,9-12,18H2,(H,19,22). The molecule has 1 aliphatic heterocycles.